The largest absolute Gasteiger partial charge is 0.383 e. The summed E-state index contributed by atoms with van der Waals surface area (Å²) in [6.07, 6.45) is 0. The first-order valence-corrected chi connectivity index (χ1v) is 5.99. The molecule has 0 fully saturated rings. The van der Waals surface area contributed by atoms with E-state index in [0.717, 1.165) is 0 Å². The highest BCUT2D eigenvalue weighted by Gasteiger charge is 2.15. The minimum absolute atomic E-state index is 0.0942. The molecule has 0 bridgehead atoms. The minimum atomic E-state index is -0.770. The molecule has 0 aliphatic carbocycles. The van der Waals surface area contributed by atoms with Crippen LogP contribution >= 0.6 is 0 Å². The van der Waals surface area contributed by atoms with Crippen molar-refractivity contribution in [2.45, 2.75) is 6.04 Å². The molecule has 0 saturated carbocycles. The van der Waals surface area contributed by atoms with Gasteiger partial charge in [0, 0.05) is 13.7 Å². The Morgan fingerprint density at radius 2 is 1.95 bits per heavy atom. The van der Waals surface area contributed by atoms with E-state index in [2.05, 4.69) is 10.6 Å². The molecule has 0 aliphatic rings. The van der Waals surface area contributed by atoms with Crippen molar-refractivity contribution in [3.63, 3.8) is 0 Å². The molecule has 0 radical (unpaired) electrons. The van der Waals surface area contributed by atoms with Crippen LogP contribution in [0.15, 0.2) is 30.3 Å². The van der Waals surface area contributed by atoms with E-state index in [-0.39, 0.29) is 18.4 Å². The third kappa shape index (κ3) is 5.50. The fourth-order valence-corrected chi connectivity index (χ4v) is 1.44. The first kappa shape index (κ1) is 15.1. The van der Waals surface area contributed by atoms with E-state index in [0.29, 0.717) is 18.7 Å². The number of methoxy groups -OCH3 is 1. The van der Waals surface area contributed by atoms with E-state index >= 15 is 0 Å². The standard InChI is InChI=1S/C13H19N3O3/c1-19-8-7-15-11(17)9-16-13(18)12(14)10-5-3-2-4-6-10/h2-6,12H,7-9,14H2,1H3,(H,15,17)(H,16,18)/t12-/m0/s1. The quantitative estimate of drug-likeness (QED) is 0.583. The Balaban J connectivity index is 2.33. The molecule has 2 amide bonds. The number of hydrogen-bond acceptors (Lipinski definition) is 4. The molecule has 0 unspecified atom stereocenters. The molecule has 1 atom stereocenters. The minimum Gasteiger partial charge on any atom is -0.383 e. The SMILES string of the molecule is COCCNC(=O)CNC(=O)[C@@H](N)c1ccccc1. The van der Waals surface area contributed by atoms with Gasteiger partial charge in [-0.25, -0.2) is 0 Å². The van der Waals surface area contributed by atoms with Gasteiger partial charge in [-0.3, -0.25) is 9.59 Å². The van der Waals surface area contributed by atoms with Crippen LogP contribution in [-0.2, 0) is 14.3 Å². The number of nitrogens with one attached hydrogen (secondary N) is 2. The zero-order chi connectivity index (χ0) is 14.1. The molecule has 0 aliphatic heterocycles. The molecule has 1 aromatic rings. The molecule has 19 heavy (non-hydrogen) atoms. The number of benzene rings is 1. The summed E-state index contributed by atoms with van der Waals surface area (Å²) in [5.41, 5.74) is 6.49. The van der Waals surface area contributed by atoms with Gasteiger partial charge in [-0.1, -0.05) is 30.3 Å². The average molecular weight is 265 g/mol. The molecular weight excluding hydrogens is 246 g/mol. The maximum atomic E-state index is 11.7. The van der Waals surface area contributed by atoms with E-state index in [1.165, 1.54) is 0 Å². The van der Waals surface area contributed by atoms with E-state index in [9.17, 15) is 9.59 Å². The van der Waals surface area contributed by atoms with Crippen molar-refractivity contribution < 1.29 is 14.3 Å². The van der Waals surface area contributed by atoms with E-state index in [4.69, 9.17) is 10.5 Å². The number of hydrogen-bond donors (Lipinski definition) is 3. The Kier molecular flexibility index (Phi) is 6.56. The predicted molar refractivity (Wildman–Crippen MR) is 71.3 cm³/mol. The molecule has 0 heterocycles. The second-order valence-corrected chi connectivity index (χ2v) is 3.95. The molecular formula is C13H19N3O3. The van der Waals surface area contributed by atoms with Crippen molar-refractivity contribution in [3.8, 4) is 0 Å². The monoisotopic (exact) mass is 265 g/mol. The van der Waals surface area contributed by atoms with Crippen molar-refractivity contribution in [1.82, 2.24) is 10.6 Å². The van der Waals surface area contributed by atoms with Gasteiger partial charge in [-0.2, -0.15) is 0 Å². The molecule has 0 spiro atoms. The fraction of sp³-hybridized carbons (Fsp3) is 0.385. The lowest BCUT2D eigenvalue weighted by atomic mass is 10.1. The van der Waals surface area contributed by atoms with Crippen LogP contribution in [0.25, 0.3) is 0 Å². The van der Waals surface area contributed by atoms with Crippen molar-refractivity contribution in [2.75, 3.05) is 26.8 Å². The highest BCUT2D eigenvalue weighted by Crippen LogP contribution is 2.08. The van der Waals surface area contributed by atoms with Crippen LogP contribution < -0.4 is 16.4 Å². The molecule has 6 heteroatoms. The van der Waals surface area contributed by atoms with Gasteiger partial charge in [0.1, 0.15) is 6.04 Å². The number of rotatable bonds is 7. The zero-order valence-corrected chi connectivity index (χ0v) is 10.9. The number of carbonyl (C=O) groups is 2. The van der Waals surface area contributed by atoms with Crippen LogP contribution in [0.4, 0.5) is 0 Å². The third-order valence-electron chi connectivity index (χ3n) is 2.49. The summed E-state index contributed by atoms with van der Waals surface area (Å²) < 4.78 is 4.79. The second kappa shape index (κ2) is 8.23. The molecule has 1 aromatic carbocycles. The van der Waals surface area contributed by atoms with Gasteiger partial charge in [-0.15, -0.1) is 0 Å². The smallest absolute Gasteiger partial charge is 0.241 e. The van der Waals surface area contributed by atoms with Gasteiger partial charge in [-0.05, 0) is 5.56 Å². The predicted octanol–water partition coefficient (Wildman–Crippen LogP) is -0.435. The van der Waals surface area contributed by atoms with E-state index in [1.54, 1.807) is 31.4 Å². The summed E-state index contributed by atoms with van der Waals surface area (Å²) in [6, 6.07) is 8.22. The molecule has 0 saturated heterocycles. The Morgan fingerprint density at radius 3 is 2.58 bits per heavy atom. The van der Waals surface area contributed by atoms with Crippen molar-refractivity contribution >= 4 is 11.8 Å². The summed E-state index contributed by atoms with van der Waals surface area (Å²) in [7, 11) is 1.55. The average Bonchev–Trinajstić information content (AvgIpc) is 2.45. The molecule has 0 aromatic heterocycles. The van der Waals surface area contributed by atoms with Crippen LogP contribution in [0.1, 0.15) is 11.6 Å². The van der Waals surface area contributed by atoms with E-state index < -0.39 is 6.04 Å². The molecule has 1 rings (SSSR count). The van der Waals surface area contributed by atoms with Gasteiger partial charge in [0.25, 0.3) is 0 Å². The lowest BCUT2D eigenvalue weighted by Crippen LogP contribution is -2.41. The van der Waals surface area contributed by atoms with Gasteiger partial charge in [0.05, 0.1) is 13.2 Å². The van der Waals surface area contributed by atoms with Gasteiger partial charge >= 0.3 is 0 Å². The van der Waals surface area contributed by atoms with Crippen LogP contribution in [0.2, 0.25) is 0 Å². The highest BCUT2D eigenvalue weighted by molar-refractivity contribution is 5.87. The summed E-state index contributed by atoms with van der Waals surface area (Å²) in [5, 5.41) is 5.09. The number of nitrogens with two attached hydrogens (primary N) is 1. The number of carbonyl (C=O) groups excluding carboxylic acids is 2. The Bertz CT molecular complexity index is 409. The second-order valence-electron chi connectivity index (χ2n) is 3.95. The van der Waals surface area contributed by atoms with Crippen molar-refractivity contribution in [2.24, 2.45) is 5.73 Å². The summed E-state index contributed by atoms with van der Waals surface area (Å²) >= 11 is 0. The fourth-order valence-electron chi connectivity index (χ4n) is 1.44. The van der Waals surface area contributed by atoms with Crippen molar-refractivity contribution in [1.29, 1.82) is 0 Å². The lowest BCUT2D eigenvalue weighted by Gasteiger charge is -2.12. The van der Waals surface area contributed by atoms with Crippen LogP contribution in [0, 0.1) is 0 Å². The van der Waals surface area contributed by atoms with E-state index in [1.807, 2.05) is 6.07 Å². The third-order valence-corrected chi connectivity index (χ3v) is 2.49. The highest BCUT2D eigenvalue weighted by atomic mass is 16.5. The maximum Gasteiger partial charge on any atom is 0.241 e. The zero-order valence-electron chi connectivity index (χ0n) is 10.9. The summed E-state index contributed by atoms with van der Waals surface area (Å²) in [5.74, 6) is -0.654. The first-order valence-electron chi connectivity index (χ1n) is 5.99. The van der Waals surface area contributed by atoms with Crippen LogP contribution in [-0.4, -0.2) is 38.6 Å². The van der Waals surface area contributed by atoms with Gasteiger partial charge < -0.3 is 21.1 Å². The van der Waals surface area contributed by atoms with Crippen LogP contribution in [0.5, 0.6) is 0 Å². The van der Waals surface area contributed by atoms with Gasteiger partial charge in [0.15, 0.2) is 0 Å². The maximum absolute atomic E-state index is 11.7. The molecule has 104 valence electrons. The first-order chi connectivity index (χ1) is 9.15. The topological polar surface area (TPSA) is 93.5 Å². The lowest BCUT2D eigenvalue weighted by molar-refractivity contribution is -0.127. The number of amides is 2. The molecule has 6 nitrogen and oxygen atoms in total. The van der Waals surface area contributed by atoms with Crippen LogP contribution in [0.3, 0.4) is 0 Å². The number of ether oxygens (including phenoxy) is 1. The summed E-state index contributed by atoms with van der Waals surface area (Å²) in [4.78, 5) is 23.1. The summed E-state index contributed by atoms with van der Waals surface area (Å²) in [6.45, 7) is 0.752. The van der Waals surface area contributed by atoms with Crippen molar-refractivity contribution in [3.05, 3.63) is 35.9 Å². The normalized spacial score (nSPS) is 11.7. The Morgan fingerprint density at radius 1 is 1.26 bits per heavy atom. The Hall–Kier alpha value is -1.92. The Labute approximate surface area is 112 Å². The molecule has 4 N–H and O–H groups in total. The van der Waals surface area contributed by atoms with Gasteiger partial charge in [0.2, 0.25) is 11.8 Å².